The van der Waals surface area contributed by atoms with Gasteiger partial charge >= 0.3 is 5.97 Å². The van der Waals surface area contributed by atoms with E-state index in [0.717, 1.165) is 25.7 Å². The van der Waals surface area contributed by atoms with Crippen molar-refractivity contribution in [2.45, 2.75) is 59.0 Å². The molecule has 14 heavy (non-hydrogen) atoms. The minimum Gasteiger partial charge on any atom is -0.455 e. The van der Waals surface area contributed by atoms with Gasteiger partial charge < -0.3 is 4.74 Å². The van der Waals surface area contributed by atoms with Gasteiger partial charge in [0.05, 0.1) is 0 Å². The molecule has 0 saturated heterocycles. The molecular formula is C11H20O3. The summed E-state index contributed by atoms with van der Waals surface area (Å²) in [4.78, 5) is 21.9. The zero-order chi connectivity index (χ0) is 11.0. The summed E-state index contributed by atoms with van der Waals surface area (Å²) in [6.07, 6.45) is 4.05. The molecule has 0 bridgehead atoms. The molecule has 0 heterocycles. The van der Waals surface area contributed by atoms with E-state index in [1.807, 2.05) is 0 Å². The SMILES string of the molecule is CCCCCCC(=O)OC(C)C(C)=O. The van der Waals surface area contributed by atoms with Gasteiger partial charge in [-0.3, -0.25) is 9.59 Å². The molecule has 0 amide bonds. The molecule has 0 aromatic carbocycles. The third-order valence-electron chi connectivity index (χ3n) is 2.12. The van der Waals surface area contributed by atoms with Gasteiger partial charge in [0.25, 0.3) is 0 Å². The molecular weight excluding hydrogens is 180 g/mol. The molecule has 0 saturated carbocycles. The molecule has 0 N–H and O–H groups in total. The van der Waals surface area contributed by atoms with Crippen LogP contribution in [0, 0.1) is 0 Å². The van der Waals surface area contributed by atoms with Crippen molar-refractivity contribution in [1.82, 2.24) is 0 Å². The second-order valence-electron chi connectivity index (χ2n) is 3.55. The van der Waals surface area contributed by atoms with Crippen LogP contribution in [0.2, 0.25) is 0 Å². The van der Waals surface area contributed by atoms with Crippen LogP contribution in [0.5, 0.6) is 0 Å². The van der Waals surface area contributed by atoms with Gasteiger partial charge in [-0.05, 0) is 20.3 Å². The van der Waals surface area contributed by atoms with Crippen LogP contribution in [0.3, 0.4) is 0 Å². The van der Waals surface area contributed by atoms with E-state index in [1.165, 1.54) is 6.92 Å². The highest BCUT2D eigenvalue weighted by Crippen LogP contribution is 2.05. The van der Waals surface area contributed by atoms with E-state index in [0.29, 0.717) is 6.42 Å². The number of carbonyl (C=O) groups is 2. The molecule has 82 valence electrons. The standard InChI is InChI=1S/C11H20O3/c1-4-5-6-7-8-11(13)14-10(3)9(2)12/h10H,4-8H2,1-3H3. The van der Waals surface area contributed by atoms with E-state index in [9.17, 15) is 9.59 Å². The number of Topliss-reactive ketones (excluding diaryl/α,β-unsaturated/α-hetero) is 1. The number of hydrogen-bond acceptors (Lipinski definition) is 3. The monoisotopic (exact) mass is 200 g/mol. The first-order valence-electron chi connectivity index (χ1n) is 5.27. The number of rotatable bonds is 7. The zero-order valence-electron chi connectivity index (χ0n) is 9.34. The highest BCUT2D eigenvalue weighted by molar-refractivity contribution is 5.83. The largest absolute Gasteiger partial charge is 0.455 e. The smallest absolute Gasteiger partial charge is 0.306 e. The van der Waals surface area contributed by atoms with Crippen molar-refractivity contribution in [1.29, 1.82) is 0 Å². The average molecular weight is 200 g/mol. The molecule has 0 aliphatic heterocycles. The summed E-state index contributed by atoms with van der Waals surface area (Å²) >= 11 is 0. The number of ether oxygens (including phenoxy) is 1. The predicted molar refractivity (Wildman–Crippen MR) is 55.0 cm³/mol. The van der Waals surface area contributed by atoms with Crippen LogP contribution in [0.15, 0.2) is 0 Å². The highest BCUT2D eigenvalue weighted by Gasteiger charge is 2.12. The fraction of sp³-hybridized carbons (Fsp3) is 0.818. The molecule has 0 aromatic rings. The Bertz CT molecular complexity index is 187. The topological polar surface area (TPSA) is 43.4 Å². The first-order chi connectivity index (χ1) is 6.57. The quantitative estimate of drug-likeness (QED) is 0.468. The number of ketones is 1. The summed E-state index contributed by atoms with van der Waals surface area (Å²) in [5.74, 6) is -0.365. The Kier molecular flexibility index (Phi) is 7.07. The lowest BCUT2D eigenvalue weighted by atomic mass is 10.1. The Morgan fingerprint density at radius 2 is 1.86 bits per heavy atom. The Balaban J connectivity index is 3.50. The van der Waals surface area contributed by atoms with Crippen LogP contribution in [0.1, 0.15) is 52.9 Å². The van der Waals surface area contributed by atoms with Gasteiger partial charge in [0.1, 0.15) is 0 Å². The average Bonchev–Trinajstić information content (AvgIpc) is 2.12. The molecule has 0 aromatic heterocycles. The molecule has 0 fully saturated rings. The van der Waals surface area contributed by atoms with E-state index >= 15 is 0 Å². The van der Waals surface area contributed by atoms with E-state index < -0.39 is 6.10 Å². The minimum absolute atomic E-state index is 0.105. The van der Waals surface area contributed by atoms with Crippen LogP contribution in [-0.2, 0) is 14.3 Å². The van der Waals surface area contributed by atoms with Crippen LogP contribution < -0.4 is 0 Å². The summed E-state index contributed by atoms with van der Waals surface area (Å²) < 4.78 is 4.90. The van der Waals surface area contributed by atoms with Crippen LogP contribution in [-0.4, -0.2) is 17.9 Å². The number of unbranched alkanes of at least 4 members (excludes halogenated alkanes) is 3. The summed E-state index contributed by atoms with van der Waals surface area (Å²) in [6, 6.07) is 0. The Morgan fingerprint density at radius 3 is 2.36 bits per heavy atom. The molecule has 1 unspecified atom stereocenters. The van der Waals surface area contributed by atoms with Gasteiger partial charge in [-0.2, -0.15) is 0 Å². The molecule has 0 radical (unpaired) electrons. The van der Waals surface area contributed by atoms with Crippen LogP contribution in [0.4, 0.5) is 0 Å². The third kappa shape index (κ3) is 6.63. The maximum atomic E-state index is 11.1. The maximum absolute atomic E-state index is 11.1. The molecule has 0 rings (SSSR count). The van der Waals surface area contributed by atoms with Crippen molar-refractivity contribution in [2.75, 3.05) is 0 Å². The van der Waals surface area contributed by atoms with Crippen molar-refractivity contribution < 1.29 is 14.3 Å². The lowest BCUT2D eigenvalue weighted by Crippen LogP contribution is -2.21. The minimum atomic E-state index is -0.589. The van der Waals surface area contributed by atoms with Crippen LogP contribution >= 0.6 is 0 Å². The van der Waals surface area contributed by atoms with Gasteiger partial charge in [-0.1, -0.05) is 26.2 Å². The fourth-order valence-corrected chi connectivity index (χ4v) is 1.04. The van der Waals surface area contributed by atoms with Gasteiger partial charge in [0, 0.05) is 6.42 Å². The first kappa shape index (κ1) is 13.1. The van der Waals surface area contributed by atoms with E-state index in [1.54, 1.807) is 6.92 Å². The normalized spacial score (nSPS) is 12.2. The van der Waals surface area contributed by atoms with Crippen molar-refractivity contribution in [3.63, 3.8) is 0 Å². The number of esters is 1. The van der Waals surface area contributed by atoms with Crippen molar-refractivity contribution in [2.24, 2.45) is 0 Å². The van der Waals surface area contributed by atoms with Gasteiger partial charge in [-0.15, -0.1) is 0 Å². The Morgan fingerprint density at radius 1 is 1.21 bits per heavy atom. The fourth-order valence-electron chi connectivity index (χ4n) is 1.04. The van der Waals surface area contributed by atoms with Gasteiger partial charge in [0.2, 0.25) is 0 Å². The molecule has 3 nitrogen and oxygen atoms in total. The number of carbonyl (C=O) groups excluding carboxylic acids is 2. The Hall–Kier alpha value is -0.860. The lowest BCUT2D eigenvalue weighted by molar-refractivity contribution is -0.153. The summed E-state index contributed by atoms with van der Waals surface area (Å²) in [7, 11) is 0. The van der Waals surface area contributed by atoms with Crippen molar-refractivity contribution >= 4 is 11.8 Å². The van der Waals surface area contributed by atoms with E-state index in [2.05, 4.69) is 6.92 Å². The first-order valence-corrected chi connectivity index (χ1v) is 5.27. The van der Waals surface area contributed by atoms with Crippen molar-refractivity contribution in [3.05, 3.63) is 0 Å². The third-order valence-corrected chi connectivity index (χ3v) is 2.12. The predicted octanol–water partition coefficient (Wildman–Crippen LogP) is 2.48. The Labute approximate surface area is 85.8 Å². The summed E-state index contributed by atoms with van der Waals surface area (Å²) in [5, 5.41) is 0. The molecule has 0 aliphatic rings. The van der Waals surface area contributed by atoms with Gasteiger partial charge in [-0.25, -0.2) is 0 Å². The van der Waals surface area contributed by atoms with E-state index in [-0.39, 0.29) is 11.8 Å². The second-order valence-corrected chi connectivity index (χ2v) is 3.55. The number of hydrogen-bond donors (Lipinski definition) is 0. The van der Waals surface area contributed by atoms with Gasteiger partial charge in [0.15, 0.2) is 11.9 Å². The lowest BCUT2D eigenvalue weighted by Gasteiger charge is -2.09. The van der Waals surface area contributed by atoms with Crippen molar-refractivity contribution in [3.8, 4) is 0 Å². The molecule has 1 atom stereocenters. The zero-order valence-corrected chi connectivity index (χ0v) is 9.34. The highest BCUT2D eigenvalue weighted by atomic mass is 16.5. The summed E-state index contributed by atoms with van der Waals surface area (Å²) in [5.41, 5.74) is 0. The second kappa shape index (κ2) is 7.54. The van der Waals surface area contributed by atoms with E-state index in [4.69, 9.17) is 4.74 Å². The molecule has 0 aliphatic carbocycles. The molecule has 0 spiro atoms. The maximum Gasteiger partial charge on any atom is 0.306 e. The molecule has 3 heteroatoms. The van der Waals surface area contributed by atoms with Crippen LogP contribution in [0.25, 0.3) is 0 Å². The summed E-state index contributed by atoms with van der Waals surface area (Å²) in [6.45, 7) is 5.15.